The number of phenolic OH excluding ortho intramolecular Hbond substituents is 1. The minimum Gasteiger partial charge on any atom is -0.508 e. The number of nitrogens with zero attached hydrogens (tertiary/aromatic N) is 2. The first-order valence-electron chi connectivity index (χ1n) is 11.7. The molecule has 0 bridgehead atoms. The summed E-state index contributed by atoms with van der Waals surface area (Å²) in [6.07, 6.45) is 0.698. The lowest BCUT2D eigenvalue weighted by Crippen LogP contribution is -2.40. The number of phenols is 1. The largest absolute Gasteiger partial charge is 0.508 e. The maximum absolute atomic E-state index is 13.2. The Balaban J connectivity index is 1.31. The van der Waals surface area contributed by atoms with Crippen molar-refractivity contribution in [1.82, 2.24) is 15.1 Å². The van der Waals surface area contributed by atoms with Gasteiger partial charge in [0.1, 0.15) is 11.5 Å². The molecule has 4 aromatic rings. The Bertz CT molecular complexity index is 1400. The zero-order chi connectivity index (χ0) is 23.9. The first-order chi connectivity index (χ1) is 17.1. The molecule has 0 saturated carbocycles. The van der Waals surface area contributed by atoms with E-state index < -0.39 is 0 Å². The van der Waals surface area contributed by atoms with Gasteiger partial charge in [-0.05, 0) is 41.0 Å². The molecule has 1 saturated heterocycles. The number of ether oxygens (including phenoxy) is 2. The van der Waals surface area contributed by atoms with Gasteiger partial charge >= 0.3 is 0 Å². The molecule has 35 heavy (non-hydrogen) atoms. The number of aromatic nitrogens is 2. The van der Waals surface area contributed by atoms with Crippen LogP contribution < -0.4 is 4.74 Å². The number of amides is 1. The molecule has 0 unspecified atom stereocenters. The van der Waals surface area contributed by atoms with Gasteiger partial charge in [0.25, 0.3) is 5.91 Å². The molecule has 176 valence electrons. The molecule has 1 fully saturated rings. The van der Waals surface area contributed by atoms with Gasteiger partial charge in [-0.25, -0.2) is 0 Å². The van der Waals surface area contributed by atoms with Crippen molar-refractivity contribution in [3.8, 4) is 45.1 Å². The molecule has 3 aromatic carbocycles. The van der Waals surface area contributed by atoms with E-state index in [0.717, 1.165) is 44.8 Å². The second kappa shape index (κ2) is 8.60. The summed E-state index contributed by atoms with van der Waals surface area (Å²) in [6, 6.07) is 19.3. The summed E-state index contributed by atoms with van der Waals surface area (Å²) in [5.41, 5.74) is 8.84. The summed E-state index contributed by atoms with van der Waals surface area (Å²) in [5, 5.41) is 17.4. The Kier molecular flexibility index (Phi) is 5.26. The summed E-state index contributed by atoms with van der Waals surface area (Å²) in [7, 11) is 1.60. The minimum absolute atomic E-state index is 0.0216. The number of hydrogen-bond donors (Lipinski definition) is 2. The van der Waals surface area contributed by atoms with E-state index in [4.69, 9.17) is 9.47 Å². The number of methoxy groups -OCH3 is 1. The van der Waals surface area contributed by atoms with Crippen LogP contribution in [-0.2, 0) is 11.2 Å². The highest BCUT2D eigenvalue weighted by Gasteiger charge is 2.29. The fourth-order valence-electron chi connectivity index (χ4n) is 4.94. The van der Waals surface area contributed by atoms with Crippen LogP contribution in [0, 0.1) is 0 Å². The van der Waals surface area contributed by atoms with E-state index in [1.165, 1.54) is 0 Å². The van der Waals surface area contributed by atoms with Gasteiger partial charge < -0.3 is 19.5 Å². The fraction of sp³-hybridized carbons (Fsp3) is 0.214. The number of morpholine rings is 1. The second-order valence-corrected chi connectivity index (χ2v) is 8.84. The van der Waals surface area contributed by atoms with E-state index in [1.807, 2.05) is 29.2 Å². The summed E-state index contributed by atoms with van der Waals surface area (Å²) >= 11 is 0. The normalized spacial score (nSPS) is 14.5. The number of carbonyl (C=O) groups is 1. The van der Waals surface area contributed by atoms with E-state index in [1.54, 1.807) is 19.2 Å². The number of nitrogens with one attached hydrogen (secondary N) is 1. The third kappa shape index (κ3) is 3.74. The number of fused-ring (bicyclic) bond motifs is 3. The molecule has 1 aromatic heterocycles. The lowest BCUT2D eigenvalue weighted by molar-refractivity contribution is 0.0301. The first kappa shape index (κ1) is 21.4. The molecule has 7 nitrogen and oxygen atoms in total. The minimum atomic E-state index is -0.0216. The Hall–Kier alpha value is -4.10. The van der Waals surface area contributed by atoms with Crippen LogP contribution >= 0.6 is 0 Å². The third-order valence-electron chi connectivity index (χ3n) is 6.82. The molecule has 1 amide bonds. The van der Waals surface area contributed by atoms with Gasteiger partial charge in [-0.15, -0.1) is 0 Å². The van der Waals surface area contributed by atoms with Gasteiger partial charge in [0.15, 0.2) is 0 Å². The van der Waals surface area contributed by atoms with E-state index in [0.29, 0.717) is 44.0 Å². The van der Waals surface area contributed by atoms with E-state index in [9.17, 15) is 9.90 Å². The zero-order valence-electron chi connectivity index (χ0n) is 19.4. The zero-order valence-corrected chi connectivity index (χ0v) is 19.4. The molecule has 1 aliphatic heterocycles. The van der Waals surface area contributed by atoms with Crippen molar-refractivity contribution < 1.29 is 19.4 Å². The Morgan fingerprint density at radius 1 is 1.00 bits per heavy atom. The second-order valence-electron chi connectivity index (χ2n) is 8.84. The highest BCUT2D eigenvalue weighted by Crippen LogP contribution is 2.43. The van der Waals surface area contributed by atoms with Crippen LogP contribution in [0.4, 0.5) is 0 Å². The van der Waals surface area contributed by atoms with Crippen molar-refractivity contribution in [1.29, 1.82) is 0 Å². The van der Waals surface area contributed by atoms with Crippen molar-refractivity contribution in [3.05, 3.63) is 77.4 Å². The maximum Gasteiger partial charge on any atom is 0.257 e. The van der Waals surface area contributed by atoms with Crippen molar-refractivity contribution in [3.63, 3.8) is 0 Å². The van der Waals surface area contributed by atoms with Crippen LogP contribution in [0.2, 0.25) is 0 Å². The lowest BCUT2D eigenvalue weighted by Gasteiger charge is -2.27. The number of aromatic hydroxyl groups is 1. The monoisotopic (exact) mass is 467 g/mol. The maximum atomic E-state index is 13.2. The highest BCUT2D eigenvalue weighted by molar-refractivity contribution is 5.99. The van der Waals surface area contributed by atoms with E-state index in [2.05, 4.69) is 34.5 Å². The van der Waals surface area contributed by atoms with Gasteiger partial charge in [0.2, 0.25) is 0 Å². The number of H-pyrrole nitrogens is 1. The van der Waals surface area contributed by atoms with Crippen LogP contribution in [0.25, 0.3) is 33.6 Å². The van der Waals surface area contributed by atoms with Crippen molar-refractivity contribution in [2.24, 2.45) is 0 Å². The fourth-order valence-corrected chi connectivity index (χ4v) is 4.94. The number of hydrogen-bond acceptors (Lipinski definition) is 5. The predicted octanol–water partition coefficient (Wildman–Crippen LogP) is 4.50. The van der Waals surface area contributed by atoms with E-state index in [-0.39, 0.29) is 11.7 Å². The number of benzene rings is 3. The van der Waals surface area contributed by atoms with Crippen molar-refractivity contribution >= 4 is 5.91 Å². The Morgan fingerprint density at radius 2 is 1.66 bits per heavy atom. The van der Waals surface area contributed by atoms with Crippen LogP contribution in [-0.4, -0.2) is 59.5 Å². The molecule has 2 N–H and O–H groups in total. The molecule has 0 atom stereocenters. The van der Waals surface area contributed by atoms with Gasteiger partial charge in [-0.1, -0.05) is 36.4 Å². The molecule has 6 rings (SSSR count). The molecular formula is C28H25N3O4. The molecule has 7 heteroatoms. The van der Waals surface area contributed by atoms with Crippen LogP contribution in [0.5, 0.6) is 11.5 Å². The summed E-state index contributed by atoms with van der Waals surface area (Å²) in [6.45, 7) is 2.30. The van der Waals surface area contributed by atoms with Gasteiger partial charge in [0.05, 0.1) is 37.3 Å². The smallest absolute Gasteiger partial charge is 0.257 e. The van der Waals surface area contributed by atoms with Gasteiger partial charge in [-0.2, -0.15) is 5.10 Å². The molecule has 1 aliphatic carbocycles. The Labute approximate surface area is 202 Å². The van der Waals surface area contributed by atoms with Gasteiger partial charge in [-0.3, -0.25) is 9.89 Å². The quantitative estimate of drug-likeness (QED) is 0.406. The summed E-state index contributed by atoms with van der Waals surface area (Å²) < 4.78 is 11.0. The lowest BCUT2D eigenvalue weighted by atomic mass is 10.0. The molecular weight excluding hydrogens is 442 g/mol. The number of carbonyl (C=O) groups excluding carboxylic acids is 1. The standard InChI is InChI=1S/C28H25N3O4/c1-34-25-16-22-20(14-23(25)28(33)31-10-12-35-13-11-31)15-24-26(29-30-27(22)24)19-4-2-17(3-5-19)18-6-8-21(32)9-7-18/h2-9,14,16,32H,10-13,15H2,1H3,(H,29,30). The topological polar surface area (TPSA) is 87.7 Å². The SMILES string of the molecule is COc1cc2c(cc1C(=O)N1CCOCC1)Cc1c(-c3ccc(-c4ccc(O)cc4)cc3)n[nH]c1-2. The third-order valence-corrected chi connectivity index (χ3v) is 6.82. The van der Waals surface area contributed by atoms with Crippen LogP contribution in [0.15, 0.2) is 60.7 Å². The first-order valence-corrected chi connectivity index (χ1v) is 11.7. The average Bonchev–Trinajstić information content (AvgIpc) is 3.47. The van der Waals surface area contributed by atoms with Gasteiger partial charge in [0, 0.05) is 36.2 Å². The molecule has 0 radical (unpaired) electrons. The van der Waals surface area contributed by atoms with Crippen molar-refractivity contribution in [2.75, 3.05) is 33.4 Å². The molecule has 2 aliphatic rings. The predicted molar refractivity (Wildman–Crippen MR) is 133 cm³/mol. The average molecular weight is 468 g/mol. The van der Waals surface area contributed by atoms with Crippen molar-refractivity contribution in [2.45, 2.75) is 6.42 Å². The van der Waals surface area contributed by atoms with E-state index >= 15 is 0 Å². The molecule has 0 spiro atoms. The highest BCUT2D eigenvalue weighted by atomic mass is 16.5. The van der Waals surface area contributed by atoms with Crippen LogP contribution in [0.3, 0.4) is 0 Å². The number of rotatable bonds is 4. The van der Waals surface area contributed by atoms with Crippen LogP contribution in [0.1, 0.15) is 21.5 Å². The summed E-state index contributed by atoms with van der Waals surface area (Å²) in [5.74, 6) is 0.803. The summed E-state index contributed by atoms with van der Waals surface area (Å²) in [4.78, 5) is 15.0. The Morgan fingerprint density at radius 3 is 2.34 bits per heavy atom. The number of aromatic amines is 1. The molecule has 2 heterocycles.